The smallest absolute Gasteiger partial charge is 0.261 e. The van der Waals surface area contributed by atoms with Gasteiger partial charge < -0.3 is 0 Å². The molecule has 0 saturated heterocycles. The molecule has 136 valence electrons. The Balaban J connectivity index is 1.94. The summed E-state index contributed by atoms with van der Waals surface area (Å²) in [7, 11) is -0.698. The number of hydrogen-bond donors (Lipinski definition) is 1. The first-order valence-corrected chi connectivity index (χ1v) is 9.92. The highest BCUT2D eigenvalue weighted by Crippen LogP contribution is 2.30. The maximum atomic E-state index is 13.8. The van der Waals surface area contributed by atoms with E-state index in [0.29, 0.717) is 10.2 Å². The van der Waals surface area contributed by atoms with Gasteiger partial charge in [-0.25, -0.2) is 22.1 Å². The van der Waals surface area contributed by atoms with Crippen LogP contribution in [0.3, 0.4) is 0 Å². The number of rotatable bonds is 4. The Bertz CT molecular complexity index is 1090. The van der Waals surface area contributed by atoms with Crippen LogP contribution in [-0.2, 0) is 10.0 Å². The van der Waals surface area contributed by atoms with E-state index < -0.39 is 21.7 Å². The van der Waals surface area contributed by atoms with Crippen molar-refractivity contribution in [1.29, 1.82) is 0 Å². The van der Waals surface area contributed by atoms with Crippen LogP contribution in [0.15, 0.2) is 41.3 Å². The molecule has 0 atom stereocenters. The molecule has 0 aliphatic carbocycles. The highest BCUT2D eigenvalue weighted by molar-refractivity contribution is 7.89. The first-order chi connectivity index (χ1) is 12.2. The lowest BCUT2D eigenvalue weighted by Crippen LogP contribution is -2.22. The van der Waals surface area contributed by atoms with Crippen LogP contribution in [0.4, 0.5) is 9.52 Å². The second-order valence-electron chi connectivity index (χ2n) is 5.49. The lowest BCUT2D eigenvalue weighted by Gasteiger charge is -2.10. The fourth-order valence-corrected chi connectivity index (χ4v) is 4.36. The molecule has 0 fully saturated rings. The molecule has 0 aliphatic heterocycles. The number of fused-ring (bicyclic) bond motifs is 1. The van der Waals surface area contributed by atoms with Gasteiger partial charge in [0.05, 0.1) is 25.7 Å². The molecule has 2 aromatic carbocycles. The minimum absolute atomic E-state index is 0.0111. The van der Waals surface area contributed by atoms with Gasteiger partial charge in [-0.2, -0.15) is 0 Å². The number of benzene rings is 2. The van der Waals surface area contributed by atoms with Crippen molar-refractivity contribution in [2.24, 2.45) is 0 Å². The number of carbonyl (C=O) groups excluding carboxylic acids is 1. The summed E-state index contributed by atoms with van der Waals surface area (Å²) in [6.07, 6.45) is 0. The minimum Gasteiger partial charge on any atom is -0.298 e. The number of halogens is 2. The lowest BCUT2D eigenvalue weighted by atomic mass is 10.2. The molecule has 3 rings (SSSR count). The Labute approximate surface area is 158 Å². The van der Waals surface area contributed by atoms with Gasteiger partial charge in [-0.05, 0) is 30.3 Å². The Morgan fingerprint density at radius 3 is 2.65 bits per heavy atom. The van der Waals surface area contributed by atoms with Gasteiger partial charge in [0.1, 0.15) is 5.82 Å². The quantitative estimate of drug-likeness (QED) is 0.708. The molecule has 0 spiro atoms. The highest BCUT2D eigenvalue weighted by Gasteiger charge is 2.20. The SMILES string of the molecule is CN(C)S(=O)(=O)c1ccc2nc(NC(=O)c3c(F)cccc3Cl)sc2c1. The summed E-state index contributed by atoms with van der Waals surface area (Å²) in [5.41, 5.74) is 0.243. The van der Waals surface area contributed by atoms with Gasteiger partial charge in [-0.1, -0.05) is 29.0 Å². The molecular weight excluding hydrogens is 401 g/mol. The number of anilines is 1. The molecule has 3 aromatic rings. The van der Waals surface area contributed by atoms with E-state index >= 15 is 0 Å². The molecule has 26 heavy (non-hydrogen) atoms. The van der Waals surface area contributed by atoms with Crippen LogP contribution in [0.25, 0.3) is 10.2 Å². The van der Waals surface area contributed by atoms with Crippen molar-refractivity contribution in [3.8, 4) is 0 Å². The van der Waals surface area contributed by atoms with Crippen molar-refractivity contribution in [1.82, 2.24) is 9.29 Å². The van der Waals surface area contributed by atoms with Gasteiger partial charge in [-0.3, -0.25) is 10.1 Å². The molecule has 1 aromatic heterocycles. The maximum Gasteiger partial charge on any atom is 0.261 e. The molecule has 10 heteroatoms. The molecule has 0 saturated carbocycles. The zero-order valence-corrected chi connectivity index (χ0v) is 16.0. The van der Waals surface area contributed by atoms with Crippen LogP contribution in [-0.4, -0.2) is 37.7 Å². The van der Waals surface area contributed by atoms with Crippen LogP contribution in [0.1, 0.15) is 10.4 Å². The molecule has 1 amide bonds. The van der Waals surface area contributed by atoms with Crippen LogP contribution >= 0.6 is 22.9 Å². The zero-order valence-electron chi connectivity index (χ0n) is 13.7. The number of aromatic nitrogens is 1. The molecule has 1 N–H and O–H groups in total. The number of nitrogens with zero attached hydrogens (tertiary/aromatic N) is 2. The zero-order chi connectivity index (χ0) is 19.1. The third kappa shape index (κ3) is 3.43. The average Bonchev–Trinajstić information content (AvgIpc) is 2.95. The van der Waals surface area contributed by atoms with Crippen molar-refractivity contribution < 1.29 is 17.6 Å². The van der Waals surface area contributed by atoms with Gasteiger partial charge in [0.2, 0.25) is 10.0 Å². The Morgan fingerprint density at radius 1 is 1.27 bits per heavy atom. The van der Waals surface area contributed by atoms with E-state index in [-0.39, 0.29) is 20.6 Å². The summed E-state index contributed by atoms with van der Waals surface area (Å²) in [4.78, 5) is 16.6. The number of sulfonamides is 1. The molecule has 6 nitrogen and oxygen atoms in total. The first-order valence-electron chi connectivity index (χ1n) is 7.28. The fraction of sp³-hybridized carbons (Fsp3) is 0.125. The lowest BCUT2D eigenvalue weighted by molar-refractivity contribution is 0.102. The van der Waals surface area contributed by atoms with Gasteiger partial charge in [0.25, 0.3) is 5.91 Å². The van der Waals surface area contributed by atoms with Crippen LogP contribution in [0.5, 0.6) is 0 Å². The monoisotopic (exact) mass is 413 g/mol. The number of nitrogens with one attached hydrogen (secondary N) is 1. The summed E-state index contributed by atoms with van der Waals surface area (Å²) in [6, 6.07) is 8.42. The van der Waals surface area contributed by atoms with Crippen LogP contribution in [0, 0.1) is 5.82 Å². The summed E-state index contributed by atoms with van der Waals surface area (Å²) in [6.45, 7) is 0. The van der Waals surface area contributed by atoms with Crippen molar-refractivity contribution in [3.63, 3.8) is 0 Å². The average molecular weight is 414 g/mol. The van der Waals surface area contributed by atoms with Gasteiger partial charge in [-0.15, -0.1) is 0 Å². The molecule has 0 unspecified atom stereocenters. The Kier molecular flexibility index (Phi) is 4.98. The summed E-state index contributed by atoms with van der Waals surface area (Å²) >= 11 is 6.96. The van der Waals surface area contributed by atoms with E-state index in [1.165, 1.54) is 38.4 Å². The second-order valence-corrected chi connectivity index (χ2v) is 9.08. The van der Waals surface area contributed by atoms with Gasteiger partial charge >= 0.3 is 0 Å². The number of hydrogen-bond acceptors (Lipinski definition) is 5. The molecule has 1 heterocycles. The molecular formula is C16H13ClFN3O3S2. The summed E-state index contributed by atoms with van der Waals surface area (Å²) in [5, 5.41) is 2.70. The third-order valence-electron chi connectivity index (χ3n) is 3.55. The van der Waals surface area contributed by atoms with Crippen LogP contribution < -0.4 is 5.32 Å². The van der Waals surface area contributed by atoms with Crippen molar-refractivity contribution in [2.45, 2.75) is 4.90 Å². The molecule has 0 aliphatic rings. The van der Waals surface area contributed by atoms with Gasteiger partial charge in [0.15, 0.2) is 5.13 Å². The largest absolute Gasteiger partial charge is 0.298 e. The number of carbonyl (C=O) groups is 1. The standard InChI is InChI=1S/C16H13ClFN3O3S2/c1-21(2)26(23,24)9-6-7-12-13(8-9)25-16(19-12)20-15(22)14-10(17)4-3-5-11(14)18/h3-8H,1-2H3,(H,19,20,22). The topological polar surface area (TPSA) is 79.4 Å². The van der Waals surface area contributed by atoms with E-state index in [2.05, 4.69) is 10.3 Å². The second kappa shape index (κ2) is 6.92. The summed E-state index contributed by atoms with van der Waals surface area (Å²) < 4.78 is 39.9. The number of amides is 1. The first kappa shape index (κ1) is 18.7. The van der Waals surface area contributed by atoms with Crippen LogP contribution in [0.2, 0.25) is 5.02 Å². The highest BCUT2D eigenvalue weighted by atomic mass is 35.5. The molecule has 0 radical (unpaired) electrons. The number of thiazole rings is 1. The van der Waals surface area contributed by atoms with Crippen molar-refractivity contribution in [2.75, 3.05) is 19.4 Å². The summed E-state index contributed by atoms with van der Waals surface area (Å²) in [5.74, 6) is -1.47. The van der Waals surface area contributed by atoms with E-state index in [4.69, 9.17) is 11.6 Å². The van der Waals surface area contributed by atoms with Crippen molar-refractivity contribution in [3.05, 3.63) is 52.8 Å². The Hall–Kier alpha value is -2.07. The minimum atomic E-state index is -3.58. The van der Waals surface area contributed by atoms with E-state index in [1.807, 2.05) is 0 Å². The van der Waals surface area contributed by atoms with E-state index in [9.17, 15) is 17.6 Å². The van der Waals surface area contributed by atoms with Crippen molar-refractivity contribution >= 4 is 54.2 Å². The Morgan fingerprint density at radius 2 is 2.00 bits per heavy atom. The third-order valence-corrected chi connectivity index (χ3v) is 6.61. The normalized spacial score (nSPS) is 11.9. The maximum absolute atomic E-state index is 13.8. The fourth-order valence-electron chi connectivity index (χ4n) is 2.20. The van der Waals surface area contributed by atoms with E-state index in [1.54, 1.807) is 6.07 Å². The molecule has 0 bridgehead atoms. The van der Waals surface area contributed by atoms with E-state index in [0.717, 1.165) is 21.7 Å². The predicted octanol–water partition coefficient (Wildman–Crippen LogP) is 3.59. The van der Waals surface area contributed by atoms with Gasteiger partial charge in [0, 0.05) is 14.1 Å². The predicted molar refractivity (Wildman–Crippen MR) is 99.9 cm³/mol.